The molecular formula is C31H42N4O3S. The number of aromatic nitrogens is 2. The third-order valence-corrected chi connectivity index (χ3v) is 6.84. The van der Waals surface area contributed by atoms with Gasteiger partial charge in [-0.15, -0.1) is 0 Å². The molecule has 3 rings (SSSR count). The Morgan fingerprint density at radius 2 is 1.74 bits per heavy atom. The van der Waals surface area contributed by atoms with Crippen molar-refractivity contribution in [2.24, 2.45) is 16.6 Å². The van der Waals surface area contributed by atoms with Gasteiger partial charge in [0.2, 0.25) is 11.8 Å². The van der Waals surface area contributed by atoms with Gasteiger partial charge < -0.3 is 15.6 Å². The Bertz CT molecular complexity index is 1310. The largest absolute Gasteiger partial charge is 0.478 e. The van der Waals surface area contributed by atoms with E-state index in [1.807, 2.05) is 13.0 Å². The Balaban J connectivity index is 2.03. The Labute approximate surface area is 237 Å². The van der Waals surface area contributed by atoms with Crippen LogP contribution < -0.4 is 15.2 Å². The van der Waals surface area contributed by atoms with Crippen molar-refractivity contribution in [1.82, 2.24) is 9.97 Å². The molecule has 1 atom stereocenters. The number of ether oxygens (including phenoxy) is 1. The van der Waals surface area contributed by atoms with Gasteiger partial charge in [0, 0.05) is 22.1 Å². The van der Waals surface area contributed by atoms with Crippen LogP contribution in [0.5, 0.6) is 5.88 Å². The summed E-state index contributed by atoms with van der Waals surface area (Å²) < 4.78 is 9.44. The molecule has 1 heterocycles. The molecule has 0 fully saturated rings. The van der Waals surface area contributed by atoms with E-state index in [1.165, 1.54) is 17.5 Å². The molecule has 0 unspecified atom stereocenters. The predicted octanol–water partition coefficient (Wildman–Crippen LogP) is 7.31. The standard InChI is InChI=1S/C31H42N4O3S/c1-19-11-9-13-22(16-30(3,4)5)25(19)26-20(2)27(38-18-23(32)17-31(6,7)8)34-29(33-26)35-39-24-14-10-12-21(15-24)28(36)37/h9-15,23H,16-18,32H2,1-8H3,(H,36,37)(H,33,34,35)/t23-/m1/s1. The first-order valence-corrected chi connectivity index (χ1v) is 14.1. The Morgan fingerprint density at radius 3 is 2.38 bits per heavy atom. The van der Waals surface area contributed by atoms with Crippen LogP contribution in [0.25, 0.3) is 11.3 Å². The van der Waals surface area contributed by atoms with Crippen LogP contribution in [0.1, 0.15) is 75.0 Å². The summed E-state index contributed by atoms with van der Waals surface area (Å²) in [6, 6.07) is 12.9. The summed E-state index contributed by atoms with van der Waals surface area (Å²) in [5, 5.41) is 9.35. The van der Waals surface area contributed by atoms with Crippen molar-refractivity contribution in [1.29, 1.82) is 0 Å². The zero-order valence-electron chi connectivity index (χ0n) is 24.4. The van der Waals surface area contributed by atoms with Crippen molar-refractivity contribution < 1.29 is 14.6 Å². The van der Waals surface area contributed by atoms with E-state index in [9.17, 15) is 9.90 Å². The van der Waals surface area contributed by atoms with Gasteiger partial charge in [0.25, 0.3) is 0 Å². The van der Waals surface area contributed by atoms with Gasteiger partial charge in [0.05, 0.1) is 11.3 Å². The van der Waals surface area contributed by atoms with Crippen molar-refractivity contribution in [3.63, 3.8) is 0 Å². The second-order valence-electron chi connectivity index (χ2n) is 12.5. The summed E-state index contributed by atoms with van der Waals surface area (Å²) >= 11 is 1.26. The number of hydrogen-bond acceptors (Lipinski definition) is 7. The van der Waals surface area contributed by atoms with Gasteiger partial charge in [-0.1, -0.05) is 65.8 Å². The number of nitrogens with one attached hydrogen (secondary N) is 1. The number of aromatic carboxylic acids is 1. The lowest BCUT2D eigenvalue weighted by Crippen LogP contribution is -2.32. The molecule has 0 radical (unpaired) electrons. The molecule has 1 aromatic heterocycles. The average Bonchev–Trinajstić information content (AvgIpc) is 2.81. The SMILES string of the molecule is Cc1cccc(CC(C)(C)C)c1-c1nc(NSc2cccc(C(=O)O)c2)nc(OC[C@H](N)CC(C)(C)C)c1C. The summed E-state index contributed by atoms with van der Waals surface area (Å²) in [6.07, 6.45) is 1.71. The number of nitrogens with zero attached hydrogens (tertiary/aromatic N) is 2. The van der Waals surface area contributed by atoms with Crippen LogP contribution in [0.3, 0.4) is 0 Å². The highest BCUT2D eigenvalue weighted by atomic mass is 32.2. The minimum Gasteiger partial charge on any atom is -0.478 e. The number of nitrogens with two attached hydrogens (primary N) is 1. The van der Waals surface area contributed by atoms with E-state index in [1.54, 1.807) is 18.2 Å². The van der Waals surface area contributed by atoms with E-state index in [2.05, 4.69) is 71.4 Å². The van der Waals surface area contributed by atoms with Crippen LogP contribution in [0.2, 0.25) is 0 Å². The van der Waals surface area contributed by atoms with Crippen LogP contribution in [0, 0.1) is 24.7 Å². The number of carboxylic acids is 1. The lowest BCUT2D eigenvalue weighted by Gasteiger charge is -2.24. The number of anilines is 1. The molecule has 2 aromatic carbocycles. The van der Waals surface area contributed by atoms with Gasteiger partial charge in [-0.3, -0.25) is 4.72 Å². The van der Waals surface area contributed by atoms with Crippen LogP contribution in [-0.4, -0.2) is 33.7 Å². The zero-order chi connectivity index (χ0) is 29.0. The number of carboxylic acid groups (broad SMARTS) is 1. The van der Waals surface area contributed by atoms with Crippen LogP contribution in [0.4, 0.5) is 5.95 Å². The minimum atomic E-state index is -0.973. The van der Waals surface area contributed by atoms with Crippen molar-refractivity contribution in [3.8, 4) is 17.1 Å². The minimum absolute atomic E-state index is 0.0888. The Hall–Kier alpha value is -3.10. The summed E-state index contributed by atoms with van der Waals surface area (Å²) in [7, 11) is 0. The number of carbonyl (C=O) groups is 1. The first-order chi connectivity index (χ1) is 18.1. The predicted molar refractivity (Wildman–Crippen MR) is 161 cm³/mol. The fourth-order valence-corrected chi connectivity index (χ4v) is 5.17. The molecule has 0 aliphatic carbocycles. The second kappa shape index (κ2) is 12.4. The average molecular weight is 551 g/mol. The molecule has 0 aliphatic heterocycles. The highest BCUT2D eigenvalue weighted by Crippen LogP contribution is 2.36. The number of rotatable bonds is 10. The van der Waals surface area contributed by atoms with Gasteiger partial charge >= 0.3 is 5.97 Å². The maximum Gasteiger partial charge on any atom is 0.335 e. The normalized spacial score (nSPS) is 12.7. The molecule has 0 saturated heterocycles. The van der Waals surface area contributed by atoms with E-state index in [0.29, 0.717) is 18.4 Å². The smallest absolute Gasteiger partial charge is 0.335 e. The molecule has 0 saturated carbocycles. The van der Waals surface area contributed by atoms with Gasteiger partial charge in [-0.05, 0) is 78.8 Å². The van der Waals surface area contributed by atoms with E-state index >= 15 is 0 Å². The highest BCUT2D eigenvalue weighted by molar-refractivity contribution is 8.00. The summed E-state index contributed by atoms with van der Waals surface area (Å²) in [4.78, 5) is 21.8. The van der Waals surface area contributed by atoms with Gasteiger partial charge in [0.15, 0.2) is 0 Å². The summed E-state index contributed by atoms with van der Waals surface area (Å²) in [5.41, 5.74) is 11.9. The Morgan fingerprint density at radius 1 is 1.05 bits per heavy atom. The molecule has 0 amide bonds. The van der Waals surface area contributed by atoms with E-state index < -0.39 is 5.97 Å². The summed E-state index contributed by atoms with van der Waals surface area (Å²) in [6.45, 7) is 17.6. The first kappa shape index (κ1) is 30.4. The van der Waals surface area contributed by atoms with Crippen molar-refractivity contribution in [2.75, 3.05) is 11.3 Å². The zero-order valence-corrected chi connectivity index (χ0v) is 25.2. The molecule has 0 bridgehead atoms. The topological polar surface area (TPSA) is 110 Å². The quantitative estimate of drug-likeness (QED) is 0.225. The number of aryl methyl sites for hydroxylation is 1. The number of hydrogen-bond donors (Lipinski definition) is 3. The number of benzene rings is 2. The van der Waals surface area contributed by atoms with Gasteiger partial charge in [-0.2, -0.15) is 4.98 Å². The molecule has 8 heteroatoms. The van der Waals surface area contributed by atoms with Crippen molar-refractivity contribution >= 4 is 23.9 Å². The maximum absolute atomic E-state index is 11.4. The second-order valence-corrected chi connectivity index (χ2v) is 13.4. The van der Waals surface area contributed by atoms with Crippen molar-refractivity contribution in [2.45, 2.75) is 79.2 Å². The molecular weight excluding hydrogens is 508 g/mol. The fourth-order valence-electron chi connectivity index (χ4n) is 4.54. The van der Waals surface area contributed by atoms with Gasteiger partial charge in [-0.25, -0.2) is 9.78 Å². The van der Waals surface area contributed by atoms with E-state index in [0.717, 1.165) is 40.1 Å². The van der Waals surface area contributed by atoms with Crippen molar-refractivity contribution in [3.05, 3.63) is 64.7 Å². The fraction of sp³-hybridized carbons (Fsp3) is 0.452. The molecule has 39 heavy (non-hydrogen) atoms. The molecule has 3 aromatic rings. The van der Waals surface area contributed by atoms with Gasteiger partial charge in [0.1, 0.15) is 6.61 Å². The highest BCUT2D eigenvalue weighted by Gasteiger charge is 2.22. The van der Waals surface area contributed by atoms with E-state index in [-0.39, 0.29) is 22.4 Å². The molecule has 0 spiro atoms. The molecule has 7 nitrogen and oxygen atoms in total. The van der Waals surface area contributed by atoms with Crippen LogP contribution in [-0.2, 0) is 6.42 Å². The third kappa shape index (κ3) is 8.97. The van der Waals surface area contributed by atoms with Crippen LogP contribution >= 0.6 is 11.9 Å². The molecule has 4 N–H and O–H groups in total. The Kier molecular flexibility index (Phi) is 9.67. The molecule has 210 valence electrons. The lowest BCUT2D eigenvalue weighted by molar-refractivity contribution is 0.0696. The van der Waals surface area contributed by atoms with Crippen LogP contribution in [0.15, 0.2) is 47.4 Å². The summed E-state index contributed by atoms with van der Waals surface area (Å²) in [5.74, 6) is -0.109. The maximum atomic E-state index is 11.4. The van der Waals surface area contributed by atoms with E-state index in [4.69, 9.17) is 20.4 Å². The monoisotopic (exact) mass is 550 g/mol. The lowest BCUT2D eigenvalue weighted by atomic mass is 9.84. The third-order valence-electron chi connectivity index (χ3n) is 6.07. The first-order valence-electron chi connectivity index (χ1n) is 13.2. The molecule has 0 aliphatic rings.